The van der Waals surface area contributed by atoms with Crippen molar-refractivity contribution in [2.75, 3.05) is 11.9 Å². The molecule has 0 aliphatic carbocycles. The number of amidine groups is 1. The van der Waals surface area contributed by atoms with Crippen molar-refractivity contribution in [3.05, 3.63) is 58.4 Å². The highest BCUT2D eigenvalue weighted by molar-refractivity contribution is 6.20. The van der Waals surface area contributed by atoms with E-state index in [0.717, 1.165) is 23.2 Å². The van der Waals surface area contributed by atoms with Gasteiger partial charge in [0.05, 0.1) is 12.0 Å². The lowest BCUT2D eigenvalue weighted by molar-refractivity contribution is 0.221. The lowest BCUT2D eigenvalue weighted by Gasteiger charge is -2.28. The zero-order valence-electron chi connectivity index (χ0n) is 18.9. The summed E-state index contributed by atoms with van der Waals surface area (Å²) >= 11 is 0. The number of alkyl halides is 1. The quantitative estimate of drug-likeness (QED) is 0.499. The van der Waals surface area contributed by atoms with Crippen LogP contribution in [0.1, 0.15) is 62.4 Å². The fraction of sp³-hybridized carbons (Fsp3) is 0.458. The van der Waals surface area contributed by atoms with Crippen LogP contribution in [0.15, 0.2) is 35.6 Å². The van der Waals surface area contributed by atoms with Crippen molar-refractivity contribution >= 4 is 17.9 Å². The molecule has 0 aliphatic rings. The number of aryl methyl sites for hydroxylation is 2. The van der Waals surface area contributed by atoms with Crippen molar-refractivity contribution in [3.63, 3.8) is 0 Å². The summed E-state index contributed by atoms with van der Waals surface area (Å²) in [5.74, 6) is 0.503. The Morgan fingerprint density at radius 3 is 2.21 bits per heavy atom. The zero-order valence-corrected chi connectivity index (χ0v) is 18.9. The van der Waals surface area contributed by atoms with Crippen LogP contribution in [0, 0.1) is 24.7 Å². The maximum absolute atomic E-state index is 14.9. The molecule has 0 bridgehead atoms. The molecular weight excluding hydrogens is 363 g/mol. The monoisotopic (exact) mass is 396 g/mol. The van der Waals surface area contributed by atoms with E-state index in [9.17, 15) is 4.39 Å². The normalized spacial score (nSPS) is 12.8. The molecule has 156 valence electrons. The molecule has 0 spiro atoms. The molecule has 0 fully saturated rings. The smallest absolute Gasteiger partial charge is 0.142 e. The van der Waals surface area contributed by atoms with Gasteiger partial charge >= 0.3 is 0 Å². The minimum atomic E-state index is -1.55. The van der Waals surface area contributed by atoms with Crippen LogP contribution in [-0.4, -0.2) is 24.2 Å². The van der Waals surface area contributed by atoms with E-state index in [-0.39, 0.29) is 5.41 Å². The van der Waals surface area contributed by atoms with Gasteiger partial charge in [-0.3, -0.25) is 20.3 Å². The predicted molar refractivity (Wildman–Crippen MR) is 121 cm³/mol. The number of hydrogen-bond acceptors (Lipinski definition) is 3. The summed E-state index contributed by atoms with van der Waals surface area (Å²) in [6.07, 6.45) is 5.41. The topological polar surface area (TPSA) is 52.3 Å². The van der Waals surface area contributed by atoms with Crippen molar-refractivity contribution in [2.24, 2.45) is 10.4 Å². The molecule has 5 heteroatoms. The number of anilines is 1. The summed E-state index contributed by atoms with van der Waals surface area (Å²) < 4.78 is 14.9. The first-order valence-corrected chi connectivity index (χ1v) is 9.89. The van der Waals surface area contributed by atoms with Gasteiger partial charge in [-0.05, 0) is 62.3 Å². The van der Waals surface area contributed by atoms with E-state index in [2.05, 4.69) is 42.9 Å². The van der Waals surface area contributed by atoms with E-state index in [1.165, 1.54) is 25.7 Å². The Kier molecular flexibility index (Phi) is 6.61. The number of nitrogens with zero attached hydrogens (tertiary/aromatic N) is 3. The second-order valence-corrected chi connectivity index (χ2v) is 9.26. The highest BCUT2D eigenvalue weighted by Gasteiger charge is 2.28. The number of hydrogen-bond donors (Lipinski definition) is 1. The van der Waals surface area contributed by atoms with Crippen molar-refractivity contribution in [1.29, 1.82) is 5.41 Å². The molecule has 29 heavy (non-hydrogen) atoms. The first-order valence-electron chi connectivity index (χ1n) is 9.89. The van der Waals surface area contributed by atoms with Crippen LogP contribution < -0.4 is 4.90 Å². The molecule has 0 amide bonds. The first-order chi connectivity index (χ1) is 13.4. The van der Waals surface area contributed by atoms with E-state index in [0.29, 0.717) is 17.0 Å². The standard InChI is InChI=1S/C24H33FN4/c1-16-11-18(13-23(3,4)5)12-17(2)21(16)29(15-26)22(27-8)19-14-28-10-9-20(19)24(6,7)25/h9-12,14-15,26H,13H2,1-8H3. The Balaban J connectivity index is 2.61. The minimum absolute atomic E-state index is 0.189. The van der Waals surface area contributed by atoms with Crippen LogP contribution in [0.3, 0.4) is 0 Å². The summed E-state index contributed by atoms with van der Waals surface area (Å²) in [7, 11) is 1.66. The highest BCUT2D eigenvalue weighted by Crippen LogP contribution is 2.33. The lowest BCUT2D eigenvalue weighted by atomic mass is 9.86. The van der Waals surface area contributed by atoms with Crippen molar-refractivity contribution in [3.8, 4) is 0 Å². The maximum Gasteiger partial charge on any atom is 0.142 e. The van der Waals surface area contributed by atoms with Crippen LogP contribution in [0.25, 0.3) is 0 Å². The summed E-state index contributed by atoms with van der Waals surface area (Å²) in [5.41, 5.74) is 3.99. The van der Waals surface area contributed by atoms with Crippen molar-refractivity contribution in [2.45, 2.75) is 60.6 Å². The van der Waals surface area contributed by atoms with Gasteiger partial charge < -0.3 is 0 Å². The van der Waals surface area contributed by atoms with E-state index in [1.54, 1.807) is 30.4 Å². The average Bonchev–Trinajstić information content (AvgIpc) is 2.58. The van der Waals surface area contributed by atoms with Crippen LogP contribution >= 0.6 is 0 Å². The molecule has 1 aromatic carbocycles. The average molecular weight is 397 g/mol. The van der Waals surface area contributed by atoms with Crippen LogP contribution in [0.4, 0.5) is 10.1 Å². The number of nitrogens with one attached hydrogen (secondary N) is 1. The molecule has 0 radical (unpaired) electrons. The number of rotatable bonds is 5. The van der Waals surface area contributed by atoms with E-state index in [1.807, 2.05) is 13.8 Å². The summed E-state index contributed by atoms with van der Waals surface area (Å²) in [5, 5.41) is 8.10. The van der Waals surface area contributed by atoms with Gasteiger partial charge in [-0.25, -0.2) is 4.39 Å². The molecule has 1 N–H and O–H groups in total. The van der Waals surface area contributed by atoms with Gasteiger partial charge in [0.1, 0.15) is 11.5 Å². The SMILES string of the molecule is CN=C(c1cnccc1C(C)(C)F)N(C=N)c1c(C)cc(CC(C)(C)C)cc1C. The summed E-state index contributed by atoms with van der Waals surface area (Å²) in [6.45, 7) is 13.8. The number of aromatic nitrogens is 1. The van der Waals surface area contributed by atoms with E-state index in [4.69, 9.17) is 5.41 Å². The molecule has 0 unspecified atom stereocenters. The molecule has 2 rings (SSSR count). The van der Waals surface area contributed by atoms with E-state index < -0.39 is 5.67 Å². The number of aliphatic imine (C=N–C) groups is 1. The Morgan fingerprint density at radius 2 is 1.76 bits per heavy atom. The van der Waals surface area contributed by atoms with Crippen LogP contribution in [0.5, 0.6) is 0 Å². The van der Waals surface area contributed by atoms with Gasteiger partial charge in [-0.1, -0.05) is 32.9 Å². The maximum atomic E-state index is 14.9. The third-order valence-corrected chi connectivity index (χ3v) is 4.80. The molecular formula is C24H33FN4. The number of pyridine rings is 1. The molecule has 0 atom stereocenters. The van der Waals surface area contributed by atoms with Gasteiger partial charge in [-0.2, -0.15) is 0 Å². The lowest BCUT2D eigenvalue weighted by Crippen LogP contribution is -2.33. The van der Waals surface area contributed by atoms with Gasteiger partial charge in [0, 0.05) is 30.6 Å². The van der Waals surface area contributed by atoms with Gasteiger partial charge in [0.25, 0.3) is 0 Å². The zero-order chi connectivity index (χ0) is 22.0. The van der Waals surface area contributed by atoms with Gasteiger partial charge in [0.15, 0.2) is 0 Å². The van der Waals surface area contributed by atoms with Gasteiger partial charge in [0.2, 0.25) is 0 Å². The minimum Gasteiger partial charge on any atom is -0.291 e. The predicted octanol–water partition coefficient (Wildman–Crippen LogP) is 5.98. The number of halogens is 1. The largest absolute Gasteiger partial charge is 0.291 e. The Hall–Kier alpha value is -2.56. The fourth-order valence-corrected chi connectivity index (χ4v) is 3.82. The van der Waals surface area contributed by atoms with Gasteiger partial charge in [-0.15, -0.1) is 0 Å². The van der Waals surface area contributed by atoms with E-state index >= 15 is 0 Å². The summed E-state index contributed by atoms with van der Waals surface area (Å²) in [4.78, 5) is 10.3. The summed E-state index contributed by atoms with van der Waals surface area (Å²) in [6, 6.07) is 6.01. The first kappa shape index (κ1) is 22.7. The molecule has 0 saturated heterocycles. The molecule has 0 aliphatic heterocycles. The molecule has 4 nitrogen and oxygen atoms in total. The highest BCUT2D eigenvalue weighted by atomic mass is 19.1. The second kappa shape index (κ2) is 8.44. The Morgan fingerprint density at radius 1 is 1.17 bits per heavy atom. The molecule has 1 heterocycles. The van der Waals surface area contributed by atoms with Crippen molar-refractivity contribution < 1.29 is 4.39 Å². The molecule has 0 saturated carbocycles. The van der Waals surface area contributed by atoms with Crippen molar-refractivity contribution in [1.82, 2.24) is 4.98 Å². The number of benzene rings is 1. The Labute approximate surface area is 174 Å². The fourth-order valence-electron chi connectivity index (χ4n) is 3.82. The third-order valence-electron chi connectivity index (χ3n) is 4.80. The van der Waals surface area contributed by atoms with Crippen LogP contribution in [-0.2, 0) is 12.1 Å². The third kappa shape index (κ3) is 5.28. The molecule has 1 aromatic heterocycles. The molecule has 2 aromatic rings. The van der Waals surface area contributed by atoms with Crippen LogP contribution in [0.2, 0.25) is 0 Å². The Bertz CT molecular complexity index is 894. The second-order valence-electron chi connectivity index (χ2n) is 9.26.